The first-order chi connectivity index (χ1) is 9.82. The summed E-state index contributed by atoms with van der Waals surface area (Å²) in [6, 6.07) is 5.84. The first-order valence-electron chi connectivity index (χ1n) is 5.83. The van der Waals surface area contributed by atoms with Gasteiger partial charge < -0.3 is 10.2 Å². The van der Waals surface area contributed by atoms with Crippen LogP contribution in [0.1, 0.15) is 17.2 Å². The van der Waals surface area contributed by atoms with E-state index in [2.05, 4.69) is 4.98 Å². The highest BCUT2D eigenvalue weighted by Crippen LogP contribution is 2.40. The van der Waals surface area contributed by atoms with Crippen LogP contribution in [0.2, 0.25) is 0 Å². The zero-order valence-corrected chi connectivity index (χ0v) is 10.5. The summed E-state index contributed by atoms with van der Waals surface area (Å²) in [4.78, 5) is 14.6. The Bertz CT molecular complexity index is 656. The lowest BCUT2D eigenvalue weighted by molar-refractivity contribution is -0.147. The topological polar surface area (TPSA) is 70.4 Å². The minimum absolute atomic E-state index is 0.0840. The van der Waals surface area contributed by atoms with Crippen LogP contribution >= 0.6 is 0 Å². The Balaban J connectivity index is 2.76. The van der Waals surface area contributed by atoms with E-state index >= 15 is 0 Å². The van der Waals surface area contributed by atoms with E-state index in [9.17, 15) is 23.1 Å². The Morgan fingerprint density at radius 3 is 2.43 bits per heavy atom. The molecule has 1 aromatic carbocycles. The Labute approximate surface area is 117 Å². The lowest BCUT2D eigenvalue weighted by Gasteiger charge is -2.18. The zero-order chi connectivity index (χ0) is 15.6. The molecule has 1 heterocycles. The molecule has 0 bridgehead atoms. The van der Waals surface area contributed by atoms with Crippen molar-refractivity contribution in [2.45, 2.75) is 12.3 Å². The minimum Gasteiger partial charge on any atom is -0.479 e. The number of carbonyl (C=O) groups is 1. The van der Waals surface area contributed by atoms with Crippen LogP contribution in [0.15, 0.2) is 42.7 Å². The molecule has 0 spiro atoms. The molecule has 0 saturated carbocycles. The number of aromatic nitrogens is 1. The Morgan fingerprint density at radius 2 is 1.90 bits per heavy atom. The van der Waals surface area contributed by atoms with Gasteiger partial charge in [-0.05, 0) is 12.1 Å². The smallest absolute Gasteiger partial charge is 0.417 e. The molecule has 0 amide bonds. The number of pyridine rings is 1. The second kappa shape index (κ2) is 5.53. The van der Waals surface area contributed by atoms with Crippen molar-refractivity contribution in [1.29, 1.82) is 0 Å². The highest BCUT2D eigenvalue weighted by atomic mass is 19.4. The summed E-state index contributed by atoms with van der Waals surface area (Å²) in [5.41, 5.74) is -1.65. The molecule has 2 aromatic rings. The van der Waals surface area contributed by atoms with Crippen LogP contribution in [-0.2, 0) is 11.0 Å². The van der Waals surface area contributed by atoms with Gasteiger partial charge >= 0.3 is 12.1 Å². The fourth-order valence-electron chi connectivity index (χ4n) is 2.00. The molecule has 110 valence electrons. The fraction of sp³-hybridized carbons (Fsp3) is 0.143. The molecular weight excluding hydrogens is 287 g/mol. The summed E-state index contributed by atoms with van der Waals surface area (Å²) < 4.78 is 39.4. The van der Waals surface area contributed by atoms with E-state index in [0.717, 1.165) is 18.2 Å². The van der Waals surface area contributed by atoms with Crippen molar-refractivity contribution >= 4 is 5.97 Å². The van der Waals surface area contributed by atoms with Gasteiger partial charge in [0.25, 0.3) is 0 Å². The van der Waals surface area contributed by atoms with E-state index in [1.165, 1.54) is 24.5 Å². The second-order valence-corrected chi connectivity index (χ2v) is 4.25. The van der Waals surface area contributed by atoms with Gasteiger partial charge in [0.05, 0.1) is 5.56 Å². The summed E-state index contributed by atoms with van der Waals surface area (Å²) in [7, 11) is 0. The van der Waals surface area contributed by atoms with Crippen LogP contribution in [0.3, 0.4) is 0 Å². The molecule has 7 heteroatoms. The van der Waals surface area contributed by atoms with Crippen molar-refractivity contribution in [3.8, 4) is 11.1 Å². The molecule has 0 aliphatic carbocycles. The van der Waals surface area contributed by atoms with Crippen molar-refractivity contribution in [3.05, 3.63) is 53.9 Å². The zero-order valence-electron chi connectivity index (χ0n) is 10.5. The van der Waals surface area contributed by atoms with Crippen LogP contribution in [0.25, 0.3) is 11.1 Å². The van der Waals surface area contributed by atoms with E-state index in [1.54, 1.807) is 0 Å². The van der Waals surface area contributed by atoms with Gasteiger partial charge in [-0.25, -0.2) is 4.79 Å². The quantitative estimate of drug-likeness (QED) is 0.914. The van der Waals surface area contributed by atoms with Gasteiger partial charge in [-0.1, -0.05) is 18.2 Å². The van der Waals surface area contributed by atoms with Crippen LogP contribution in [0.4, 0.5) is 13.2 Å². The minimum atomic E-state index is -4.68. The number of hydrogen-bond donors (Lipinski definition) is 2. The van der Waals surface area contributed by atoms with Gasteiger partial charge in [-0.15, -0.1) is 0 Å². The van der Waals surface area contributed by atoms with Crippen LogP contribution in [0, 0.1) is 0 Å². The molecule has 1 aromatic heterocycles. The van der Waals surface area contributed by atoms with Crippen LogP contribution in [-0.4, -0.2) is 21.2 Å². The van der Waals surface area contributed by atoms with E-state index in [0.29, 0.717) is 0 Å². The third kappa shape index (κ3) is 3.03. The number of alkyl halides is 3. The average Bonchev–Trinajstić information content (AvgIpc) is 2.45. The highest BCUT2D eigenvalue weighted by molar-refractivity contribution is 5.81. The van der Waals surface area contributed by atoms with Crippen molar-refractivity contribution in [2.75, 3.05) is 0 Å². The standard InChI is InChI=1S/C14H10F3NO3/c15-14(16,17)10-5-1-4-9(12(19)13(20)21)11(10)8-3-2-6-18-7-8/h1-7,12,19H,(H,20,21). The van der Waals surface area contributed by atoms with Gasteiger partial charge in [0.2, 0.25) is 0 Å². The van der Waals surface area contributed by atoms with Gasteiger partial charge in [0.1, 0.15) is 0 Å². The largest absolute Gasteiger partial charge is 0.479 e. The van der Waals surface area contributed by atoms with Crippen molar-refractivity contribution in [2.24, 2.45) is 0 Å². The molecule has 0 aliphatic rings. The highest BCUT2D eigenvalue weighted by Gasteiger charge is 2.36. The number of aliphatic hydroxyl groups is 1. The molecule has 1 unspecified atom stereocenters. The number of rotatable bonds is 3. The fourth-order valence-corrected chi connectivity index (χ4v) is 2.00. The molecule has 0 aliphatic heterocycles. The lowest BCUT2D eigenvalue weighted by Crippen LogP contribution is -2.15. The molecule has 0 saturated heterocycles. The lowest BCUT2D eigenvalue weighted by atomic mass is 9.92. The van der Waals surface area contributed by atoms with E-state index in [1.807, 2.05) is 0 Å². The van der Waals surface area contributed by atoms with Gasteiger partial charge in [0.15, 0.2) is 6.10 Å². The van der Waals surface area contributed by atoms with E-state index in [4.69, 9.17) is 5.11 Å². The number of aliphatic carboxylic acids is 1. The third-order valence-electron chi connectivity index (χ3n) is 2.88. The van der Waals surface area contributed by atoms with Crippen molar-refractivity contribution < 1.29 is 28.2 Å². The second-order valence-electron chi connectivity index (χ2n) is 4.25. The SMILES string of the molecule is O=C(O)C(O)c1cccc(C(F)(F)F)c1-c1cccnc1. The molecule has 0 radical (unpaired) electrons. The number of halogens is 3. The van der Waals surface area contributed by atoms with Crippen LogP contribution < -0.4 is 0 Å². The van der Waals surface area contributed by atoms with E-state index in [-0.39, 0.29) is 16.7 Å². The Hall–Kier alpha value is -2.41. The number of carboxylic acid groups (broad SMARTS) is 1. The molecule has 21 heavy (non-hydrogen) atoms. The summed E-state index contributed by atoms with van der Waals surface area (Å²) in [5.74, 6) is -1.63. The van der Waals surface area contributed by atoms with Crippen molar-refractivity contribution in [3.63, 3.8) is 0 Å². The summed E-state index contributed by atoms with van der Waals surface area (Å²) in [6.45, 7) is 0. The molecule has 4 nitrogen and oxygen atoms in total. The first kappa shape index (κ1) is 15.0. The molecular formula is C14H10F3NO3. The third-order valence-corrected chi connectivity index (χ3v) is 2.88. The molecule has 2 rings (SSSR count). The van der Waals surface area contributed by atoms with Crippen LogP contribution in [0.5, 0.6) is 0 Å². The predicted octanol–water partition coefficient (Wildman–Crippen LogP) is 2.89. The summed E-state index contributed by atoms with van der Waals surface area (Å²) in [5, 5.41) is 18.5. The number of benzene rings is 1. The van der Waals surface area contributed by atoms with Gasteiger partial charge in [-0.2, -0.15) is 13.2 Å². The van der Waals surface area contributed by atoms with Gasteiger partial charge in [-0.3, -0.25) is 4.98 Å². The number of carboxylic acids is 1. The maximum absolute atomic E-state index is 13.1. The monoisotopic (exact) mass is 297 g/mol. The Kier molecular flexibility index (Phi) is 3.95. The summed E-state index contributed by atoms with van der Waals surface area (Å²) in [6.07, 6.45) is -4.17. The first-order valence-corrected chi connectivity index (χ1v) is 5.83. The predicted molar refractivity (Wildman–Crippen MR) is 67.3 cm³/mol. The van der Waals surface area contributed by atoms with E-state index < -0.39 is 23.8 Å². The molecule has 0 fully saturated rings. The number of nitrogens with zero attached hydrogens (tertiary/aromatic N) is 1. The normalized spacial score (nSPS) is 13.0. The van der Waals surface area contributed by atoms with Gasteiger partial charge in [0, 0.05) is 29.1 Å². The maximum atomic E-state index is 13.1. The average molecular weight is 297 g/mol. The Morgan fingerprint density at radius 1 is 1.19 bits per heavy atom. The number of aliphatic hydroxyl groups excluding tert-OH is 1. The molecule has 2 N–H and O–H groups in total. The number of hydrogen-bond acceptors (Lipinski definition) is 3. The maximum Gasteiger partial charge on any atom is 0.417 e. The summed E-state index contributed by atoms with van der Waals surface area (Å²) >= 11 is 0. The molecule has 1 atom stereocenters. The van der Waals surface area contributed by atoms with Crippen molar-refractivity contribution in [1.82, 2.24) is 4.98 Å².